The van der Waals surface area contributed by atoms with Gasteiger partial charge < -0.3 is 5.32 Å². The van der Waals surface area contributed by atoms with Crippen LogP contribution in [0.2, 0.25) is 5.15 Å². The van der Waals surface area contributed by atoms with Crippen LogP contribution in [0.25, 0.3) is 0 Å². The first-order chi connectivity index (χ1) is 8.49. The highest BCUT2D eigenvalue weighted by molar-refractivity contribution is 6.29. The van der Waals surface area contributed by atoms with E-state index in [1.54, 1.807) is 0 Å². The van der Waals surface area contributed by atoms with Gasteiger partial charge in [0.1, 0.15) is 11.2 Å². The van der Waals surface area contributed by atoms with Crippen molar-refractivity contribution in [2.24, 2.45) is 0 Å². The summed E-state index contributed by atoms with van der Waals surface area (Å²) in [6.45, 7) is 0. The summed E-state index contributed by atoms with van der Waals surface area (Å²) in [5.41, 5.74) is 0.286. The van der Waals surface area contributed by atoms with Crippen molar-refractivity contribution in [1.29, 1.82) is 0 Å². The largest absolute Gasteiger partial charge is 0.340 e. The fourth-order valence-corrected chi connectivity index (χ4v) is 1.73. The Morgan fingerprint density at radius 1 is 1.50 bits per heavy atom. The van der Waals surface area contributed by atoms with Gasteiger partial charge in [0.25, 0.3) is 11.8 Å². The Morgan fingerprint density at radius 2 is 2.22 bits per heavy atom. The van der Waals surface area contributed by atoms with Crippen molar-refractivity contribution in [2.75, 3.05) is 7.05 Å². The van der Waals surface area contributed by atoms with Gasteiger partial charge in [0.2, 0.25) is 5.91 Å². The van der Waals surface area contributed by atoms with Crippen LogP contribution in [0.15, 0.2) is 18.3 Å². The van der Waals surface area contributed by atoms with E-state index in [4.69, 9.17) is 11.6 Å². The van der Waals surface area contributed by atoms with E-state index in [0.717, 1.165) is 4.90 Å². The molecule has 6 nitrogen and oxygen atoms in total. The standard InChI is InChI=1S/C11H10ClN3O3/c1-15-9(16)4-7(11(15)18)14-10(17)6-2-3-8(12)13-5-6/h2-3,5,7H,4H2,1H3,(H,14,17). The van der Waals surface area contributed by atoms with Crippen molar-refractivity contribution in [3.8, 4) is 0 Å². The van der Waals surface area contributed by atoms with Gasteiger partial charge in [-0.2, -0.15) is 0 Å². The second-order valence-corrected chi connectivity index (χ2v) is 4.28. The molecule has 1 fully saturated rings. The van der Waals surface area contributed by atoms with E-state index in [9.17, 15) is 14.4 Å². The molecule has 0 bridgehead atoms. The molecule has 2 rings (SSSR count). The third-order valence-corrected chi connectivity index (χ3v) is 2.90. The summed E-state index contributed by atoms with van der Waals surface area (Å²) in [4.78, 5) is 39.4. The number of rotatable bonds is 2. The molecule has 0 aromatic carbocycles. The molecule has 94 valence electrons. The third kappa shape index (κ3) is 2.33. The fraction of sp³-hybridized carbons (Fsp3) is 0.273. The van der Waals surface area contributed by atoms with E-state index in [2.05, 4.69) is 10.3 Å². The fourth-order valence-electron chi connectivity index (χ4n) is 1.62. The summed E-state index contributed by atoms with van der Waals surface area (Å²) in [5.74, 6) is -1.17. The van der Waals surface area contributed by atoms with Gasteiger partial charge in [-0.05, 0) is 12.1 Å². The minimum Gasteiger partial charge on any atom is -0.340 e. The van der Waals surface area contributed by atoms with Crippen LogP contribution in [0.5, 0.6) is 0 Å². The topological polar surface area (TPSA) is 79.4 Å². The Morgan fingerprint density at radius 3 is 2.72 bits per heavy atom. The number of carbonyl (C=O) groups is 3. The van der Waals surface area contributed by atoms with Gasteiger partial charge >= 0.3 is 0 Å². The normalized spacial score (nSPS) is 19.2. The van der Waals surface area contributed by atoms with Crippen LogP contribution in [-0.4, -0.2) is 40.7 Å². The zero-order valence-electron chi connectivity index (χ0n) is 9.51. The van der Waals surface area contributed by atoms with Crippen LogP contribution >= 0.6 is 11.6 Å². The van der Waals surface area contributed by atoms with Crippen LogP contribution in [-0.2, 0) is 9.59 Å². The van der Waals surface area contributed by atoms with Crippen molar-refractivity contribution in [1.82, 2.24) is 15.2 Å². The maximum Gasteiger partial charge on any atom is 0.253 e. The minimum atomic E-state index is -0.800. The number of imide groups is 1. The van der Waals surface area contributed by atoms with Crippen molar-refractivity contribution in [3.05, 3.63) is 29.0 Å². The lowest BCUT2D eigenvalue weighted by atomic mass is 10.2. The Balaban J connectivity index is 2.06. The van der Waals surface area contributed by atoms with E-state index in [1.807, 2.05) is 0 Å². The Bertz CT molecular complexity index is 515. The third-order valence-electron chi connectivity index (χ3n) is 2.68. The van der Waals surface area contributed by atoms with E-state index in [-0.39, 0.29) is 23.0 Å². The highest BCUT2D eigenvalue weighted by Crippen LogP contribution is 2.12. The molecule has 0 radical (unpaired) electrons. The van der Waals surface area contributed by atoms with E-state index in [0.29, 0.717) is 0 Å². The lowest BCUT2D eigenvalue weighted by molar-refractivity contribution is -0.137. The van der Waals surface area contributed by atoms with Gasteiger partial charge in [0.05, 0.1) is 12.0 Å². The number of aromatic nitrogens is 1. The van der Waals surface area contributed by atoms with E-state index >= 15 is 0 Å². The van der Waals surface area contributed by atoms with Crippen molar-refractivity contribution in [2.45, 2.75) is 12.5 Å². The Kier molecular flexibility index (Phi) is 3.29. The van der Waals surface area contributed by atoms with Gasteiger partial charge in [-0.1, -0.05) is 11.6 Å². The monoisotopic (exact) mass is 267 g/mol. The average molecular weight is 268 g/mol. The second kappa shape index (κ2) is 4.73. The van der Waals surface area contributed by atoms with Crippen molar-refractivity contribution in [3.63, 3.8) is 0 Å². The number of nitrogens with zero attached hydrogens (tertiary/aromatic N) is 2. The predicted molar refractivity (Wildman–Crippen MR) is 62.9 cm³/mol. The zero-order valence-corrected chi connectivity index (χ0v) is 10.3. The van der Waals surface area contributed by atoms with Gasteiger partial charge in [-0.3, -0.25) is 19.3 Å². The number of likely N-dealkylation sites (tertiary alicyclic amines) is 1. The molecule has 0 spiro atoms. The summed E-state index contributed by atoms with van der Waals surface area (Å²) >= 11 is 5.60. The molecule has 2 heterocycles. The van der Waals surface area contributed by atoms with E-state index < -0.39 is 17.9 Å². The molecule has 7 heteroatoms. The van der Waals surface area contributed by atoms with Gasteiger partial charge in [0, 0.05) is 13.2 Å². The van der Waals surface area contributed by atoms with E-state index in [1.165, 1.54) is 25.4 Å². The number of likely N-dealkylation sites (N-methyl/N-ethyl adjacent to an activating group) is 1. The van der Waals surface area contributed by atoms with Crippen molar-refractivity contribution < 1.29 is 14.4 Å². The van der Waals surface area contributed by atoms with Crippen LogP contribution in [0.4, 0.5) is 0 Å². The molecular formula is C11H10ClN3O3. The first kappa shape index (κ1) is 12.5. The molecule has 1 aromatic heterocycles. The quantitative estimate of drug-likeness (QED) is 0.614. The van der Waals surface area contributed by atoms with Crippen LogP contribution in [0.3, 0.4) is 0 Å². The molecule has 0 saturated carbocycles. The molecule has 1 saturated heterocycles. The van der Waals surface area contributed by atoms with Gasteiger partial charge in [0.15, 0.2) is 0 Å². The van der Waals surface area contributed by atoms with Crippen LogP contribution in [0, 0.1) is 0 Å². The van der Waals surface area contributed by atoms with Gasteiger partial charge in [-0.15, -0.1) is 0 Å². The van der Waals surface area contributed by atoms with Gasteiger partial charge in [-0.25, -0.2) is 4.98 Å². The average Bonchev–Trinajstić information content (AvgIpc) is 2.58. The van der Waals surface area contributed by atoms with Crippen LogP contribution in [0.1, 0.15) is 16.8 Å². The number of nitrogens with one attached hydrogen (secondary N) is 1. The number of amides is 3. The summed E-state index contributed by atoms with van der Waals surface area (Å²) in [5, 5.41) is 2.77. The minimum absolute atomic E-state index is 0.0118. The highest BCUT2D eigenvalue weighted by atomic mass is 35.5. The lowest BCUT2D eigenvalue weighted by Crippen LogP contribution is -2.40. The molecule has 1 unspecified atom stereocenters. The Labute approximate surface area is 108 Å². The predicted octanol–water partition coefficient (Wildman–Crippen LogP) is 0.222. The lowest BCUT2D eigenvalue weighted by Gasteiger charge is -2.10. The number of hydrogen-bond acceptors (Lipinski definition) is 4. The first-order valence-corrected chi connectivity index (χ1v) is 5.59. The molecular weight excluding hydrogens is 258 g/mol. The highest BCUT2D eigenvalue weighted by Gasteiger charge is 2.36. The second-order valence-electron chi connectivity index (χ2n) is 3.89. The summed E-state index contributed by atoms with van der Waals surface area (Å²) < 4.78 is 0. The smallest absolute Gasteiger partial charge is 0.253 e. The summed E-state index contributed by atoms with van der Waals surface area (Å²) in [6.07, 6.45) is 1.30. The number of halogens is 1. The maximum atomic E-state index is 11.8. The zero-order chi connectivity index (χ0) is 13.3. The SMILES string of the molecule is CN1C(=O)CC(NC(=O)c2ccc(Cl)nc2)C1=O. The van der Waals surface area contributed by atoms with Crippen LogP contribution < -0.4 is 5.32 Å². The molecule has 1 N–H and O–H groups in total. The molecule has 1 atom stereocenters. The molecule has 1 aliphatic rings. The molecule has 1 aliphatic heterocycles. The number of carbonyl (C=O) groups excluding carboxylic acids is 3. The molecule has 3 amide bonds. The number of hydrogen-bond donors (Lipinski definition) is 1. The molecule has 1 aromatic rings. The summed E-state index contributed by atoms with van der Waals surface area (Å²) in [7, 11) is 1.39. The first-order valence-electron chi connectivity index (χ1n) is 5.22. The summed E-state index contributed by atoms with van der Waals surface area (Å²) in [6, 6.07) is 2.17. The molecule has 0 aliphatic carbocycles. The number of pyridine rings is 1. The maximum absolute atomic E-state index is 11.8. The molecule has 18 heavy (non-hydrogen) atoms. The Hall–Kier alpha value is -1.95. The van der Waals surface area contributed by atoms with Crippen molar-refractivity contribution >= 4 is 29.3 Å².